The molecule has 0 bridgehead atoms. The number of carbonyl (C=O) groups is 1. The number of benzene rings is 2. The van der Waals surface area contributed by atoms with Gasteiger partial charge in [-0.1, -0.05) is 60.3 Å². The number of thioether (sulfide) groups is 1. The van der Waals surface area contributed by atoms with Crippen LogP contribution in [0, 0.1) is 5.82 Å². The van der Waals surface area contributed by atoms with Crippen molar-refractivity contribution >= 4 is 29.7 Å². The topological polar surface area (TPSA) is 58.6 Å². The van der Waals surface area contributed by atoms with Gasteiger partial charge in [0.15, 0.2) is 5.78 Å². The molecule has 4 nitrogen and oxygen atoms in total. The van der Waals surface area contributed by atoms with Crippen molar-refractivity contribution in [3.05, 3.63) is 77.4 Å². The van der Waals surface area contributed by atoms with Gasteiger partial charge in [-0.25, -0.2) is 9.37 Å². The van der Waals surface area contributed by atoms with Gasteiger partial charge >= 0.3 is 0 Å². The predicted molar refractivity (Wildman–Crippen MR) is 102 cm³/mol. The number of ketones is 1. The number of hydrogen-bond donors (Lipinski definition) is 1. The van der Waals surface area contributed by atoms with Crippen LogP contribution in [0.25, 0.3) is 12.2 Å². The van der Waals surface area contributed by atoms with Gasteiger partial charge in [0.25, 0.3) is 0 Å². The van der Waals surface area contributed by atoms with Crippen LogP contribution in [-0.2, 0) is 0 Å². The zero-order valence-electron chi connectivity index (χ0n) is 14.1. The molecule has 0 fully saturated rings. The second-order valence-corrected chi connectivity index (χ2v) is 6.69. The van der Waals surface area contributed by atoms with Crippen molar-refractivity contribution in [2.45, 2.75) is 18.0 Å². The second-order valence-electron chi connectivity index (χ2n) is 5.63. The summed E-state index contributed by atoms with van der Waals surface area (Å²) in [7, 11) is 0. The summed E-state index contributed by atoms with van der Waals surface area (Å²) in [6, 6.07) is 15.5. The summed E-state index contributed by atoms with van der Waals surface area (Å²) in [5.41, 5.74) is 1.64. The molecule has 1 aromatic heterocycles. The molecule has 0 unspecified atom stereocenters. The van der Waals surface area contributed by atoms with Gasteiger partial charge in [-0.2, -0.15) is 0 Å². The first-order valence-corrected chi connectivity index (χ1v) is 9.26. The largest absolute Gasteiger partial charge is 0.294 e. The second kappa shape index (κ2) is 9.10. The number of halogens is 1. The number of nitrogens with one attached hydrogen (secondary N) is 1. The van der Waals surface area contributed by atoms with Crippen molar-refractivity contribution < 1.29 is 9.18 Å². The normalized spacial score (nSPS) is 11.1. The van der Waals surface area contributed by atoms with E-state index in [0.717, 1.165) is 23.3 Å². The number of hydrogen-bond acceptors (Lipinski definition) is 4. The molecular formula is C20H18FN3OS. The number of Topliss-reactive ketones (excluding diaryl/α,β-unsaturated/α-hetero) is 1. The molecule has 0 amide bonds. The molecular weight excluding hydrogens is 349 g/mol. The Morgan fingerprint density at radius 1 is 1.08 bits per heavy atom. The SMILES string of the molecule is O=C(CCCSc1n[nH]c(C=Cc2ccc(F)cc2)n1)c1ccccc1. The van der Waals surface area contributed by atoms with E-state index in [4.69, 9.17) is 0 Å². The first-order chi connectivity index (χ1) is 12.7. The summed E-state index contributed by atoms with van der Waals surface area (Å²) >= 11 is 1.51. The maximum Gasteiger partial charge on any atom is 0.208 e. The number of carbonyl (C=O) groups excluding carboxylic acids is 1. The van der Waals surface area contributed by atoms with Crippen LogP contribution in [0.2, 0.25) is 0 Å². The zero-order valence-corrected chi connectivity index (χ0v) is 14.9. The highest BCUT2D eigenvalue weighted by Gasteiger charge is 2.06. The molecule has 6 heteroatoms. The molecule has 3 aromatic rings. The Balaban J connectivity index is 1.44. The van der Waals surface area contributed by atoms with E-state index < -0.39 is 0 Å². The lowest BCUT2D eigenvalue weighted by Gasteiger charge is -1.99. The summed E-state index contributed by atoms with van der Waals surface area (Å²) in [4.78, 5) is 16.4. The first-order valence-electron chi connectivity index (χ1n) is 8.28. The number of aromatic nitrogens is 3. The fourth-order valence-corrected chi connectivity index (χ4v) is 3.06. The third-order valence-corrected chi connectivity index (χ3v) is 4.59. The molecule has 132 valence electrons. The lowest BCUT2D eigenvalue weighted by Crippen LogP contribution is -1.99. The number of aromatic amines is 1. The van der Waals surface area contributed by atoms with E-state index in [1.165, 1.54) is 23.9 Å². The minimum Gasteiger partial charge on any atom is -0.294 e. The van der Waals surface area contributed by atoms with Gasteiger partial charge in [-0.3, -0.25) is 9.89 Å². The minimum absolute atomic E-state index is 0.157. The Morgan fingerprint density at radius 3 is 2.62 bits per heavy atom. The van der Waals surface area contributed by atoms with Crippen LogP contribution in [0.4, 0.5) is 4.39 Å². The average Bonchev–Trinajstić information content (AvgIpc) is 3.13. The molecule has 26 heavy (non-hydrogen) atoms. The smallest absolute Gasteiger partial charge is 0.208 e. The van der Waals surface area contributed by atoms with Gasteiger partial charge in [-0.05, 0) is 30.2 Å². The molecule has 0 saturated heterocycles. The maximum absolute atomic E-state index is 12.9. The fourth-order valence-electron chi connectivity index (χ4n) is 2.31. The molecule has 0 aliphatic heterocycles. The quantitative estimate of drug-likeness (QED) is 0.351. The fraction of sp³-hybridized carbons (Fsp3) is 0.150. The first kappa shape index (κ1) is 18.1. The van der Waals surface area contributed by atoms with E-state index in [-0.39, 0.29) is 11.6 Å². The van der Waals surface area contributed by atoms with Crippen LogP contribution in [0.5, 0.6) is 0 Å². The third-order valence-electron chi connectivity index (χ3n) is 3.66. The Hall–Kier alpha value is -2.73. The summed E-state index contributed by atoms with van der Waals surface area (Å²) in [6.07, 6.45) is 4.92. The van der Waals surface area contributed by atoms with E-state index in [2.05, 4.69) is 15.2 Å². The Kier molecular flexibility index (Phi) is 6.33. The molecule has 1 heterocycles. The molecule has 0 spiro atoms. The van der Waals surface area contributed by atoms with E-state index in [1.807, 2.05) is 36.4 Å². The van der Waals surface area contributed by atoms with Crippen molar-refractivity contribution in [3.8, 4) is 0 Å². The van der Waals surface area contributed by atoms with Gasteiger partial charge in [0, 0.05) is 17.7 Å². The number of H-pyrrole nitrogens is 1. The van der Waals surface area contributed by atoms with Crippen molar-refractivity contribution in [3.63, 3.8) is 0 Å². The van der Waals surface area contributed by atoms with Crippen LogP contribution in [0.1, 0.15) is 34.6 Å². The maximum atomic E-state index is 12.9. The van der Waals surface area contributed by atoms with E-state index in [9.17, 15) is 9.18 Å². The van der Waals surface area contributed by atoms with Crippen molar-refractivity contribution in [1.82, 2.24) is 15.2 Å². The van der Waals surface area contributed by atoms with Crippen LogP contribution in [0.15, 0.2) is 59.8 Å². The van der Waals surface area contributed by atoms with E-state index in [1.54, 1.807) is 18.2 Å². The Morgan fingerprint density at radius 2 is 1.85 bits per heavy atom. The summed E-state index contributed by atoms with van der Waals surface area (Å²) in [5, 5.41) is 7.65. The van der Waals surface area contributed by atoms with Crippen molar-refractivity contribution in [2.75, 3.05) is 5.75 Å². The van der Waals surface area contributed by atoms with Gasteiger partial charge in [0.1, 0.15) is 11.6 Å². The lowest BCUT2D eigenvalue weighted by molar-refractivity contribution is 0.0982. The molecule has 0 aliphatic rings. The third kappa shape index (κ3) is 5.39. The molecule has 2 aromatic carbocycles. The molecule has 0 saturated carbocycles. The van der Waals surface area contributed by atoms with Crippen molar-refractivity contribution in [2.24, 2.45) is 0 Å². The zero-order chi connectivity index (χ0) is 18.2. The van der Waals surface area contributed by atoms with Crippen LogP contribution in [0.3, 0.4) is 0 Å². The summed E-state index contributed by atoms with van der Waals surface area (Å²) in [5.74, 6) is 1.31. The molecule has 3 rings (SSSR count). The number of rotatable bonds is 8. The summed E-state index contributed by atoms with van der Waals surface area (Å²) < 4.78 is 12.9. The lowest BCUT2D eigenvalue weighted by atomic mass is 10.1. The Bertz CT molecular complexity index is 876. The van der Waals surface area contributed by atoms with Crippen LogP contribution < -0.4 is 0 Å². The highest BCUT2D eigenvalue weighted by molar-refractivity contribution is 7.99. The van der Waals surface area contributed by atoms with Crippen molar-refractivity contribution in [1.29, 1.82) is 0 Å². The minimum atomic E-state index is -0.258. The van der Waals surface area contributed by atoms with Crippen LogP contribution in [-0.4, -0.2) is 26.7 Å². The van der Waals surface area contributed by atoms with Gasteiger partial charge < -0.3 is 0 Å². The standard InChI is InChI=1S/C20H18FN3OS/c21-17-11-8-15(9-12-17)10-13-19-22-20(24-23-19)26-14-4-7-18(25)16-5-2-1-3-6-16/h1-3,5-6,8-13H,4,7,14H2,(H,22,23,24). The predicted octanol–water partition coefficient (Wildman–Crippen LogP) is 4.87. The molecule has 0 radical (unpaired) electrons. The average molecular weight is 367 g/mol. The molecule has 0 aliphatic carbocycles. The van der Waals surface area contributed by atoms with Gasteiger partial charge in [0.2, 0.25) is 5.16 Å². The highest BCUT2D eigenvalue weighted by atomic mass is 32.2. The molecule has 1 N–H and O–H groups in total. The number of nitrogens with zero attached hydrogens (tertiary/aromatic N) is 2. The van der Waals surface area contributed by atoms with Gasteiger partial charge in [0.05, 0.1) is 0 Å². The monoisotopic (exact) mass is 367 g/mol. The van der Waals surface area contributed by atoms with Crippen LogP contribution >= 0.6 is 11.8 Å². The Labute approximate surface area is 155 Å². The van der Waals surface area contributed by atoms with E-state index in [0.29, 0.717) is 17.4 Å². The summed E-state index contributed by atoms with van der Waals surface area (Å²) in [6.45, 7) is 0. The molecule has 0 atom stereocenters. The van der Waals surface area contributed by atoms with E-state index >= 15 is 0 Å². The van der Waals surface area contributed by atoms with Gasteiger partial charge in [-0.15, -0.1) is 5.10 Å². The highest BCUT2D eigenvalue weighted by Crippen LogP contribution is 2.16.